The summed E-state index contributed by atoms with van der Waals surface area (Å²) in [7, 11) is 0. The molecule has 2 aromatic rings. The first-order valence-corrected chi connectivity index (χ1v) is 4.49. The maximum Gasteiger partial charge on any atom is 0.573 e. The number of hydrogen-bond acceptors (Lipinski definition) is 3. The Bertz CT molecular complexity index is 570. The topological polar surface area (TPSA) is 55.2 Å². The molecule has 0 amide bonds. The number of ether oxygens (including phenoxy) is 1. The van der Waals surface area contributed by atoms with Crippen LogP contribution < -0.4 is 10.4 Å². The first-order chi connectivity index (χ1) is 7.94. The molecule has 0 saturated carbocycles. The molecule has 0 spiro atoms. The fourth-order valence-electron chi connectivity index (χ4n) is 1.29. The molecule has 1 heterocycles. The Morgan fingerprint density at radius 3 is 2.59 bits per heavy atom. The van der Waals surface area contributed by atoms with Crippen LogP contribution in [-0.4, -0.2) is 11.5 Å². The van der Waals surface area contributed by atoms with Crippen LogP contribution in [0.1, 0.15) is 0 Å². The van der Waals surface area contributed by atoms with Gasteiger partial charge in [-0.05, 0) is 12.1 Å². The lowest BCUT2D eigenvalue weighted by Crippen LogP contribution is -2.17. The van der Waals surface area contributed by atoms with Crippen molar-refractivity contribution in [1.29, 1.82) is 0 Å². The fraction of sp³-hybridized carbons (Fsp3) is 0.100. The molecule has 0 saturated heterocycles. The number of nitrogens with one attached hydrogen (secondary N) is 1. The van der Waals surface area contributed by atoms with Crippen LogP contribution in [0.4, 0.5) is 13.2 Å². The van der Waals surface area contributed by atoms with E-state index in [1.165, 1.54) is 12.1 Å². The third-order valence-corrected chi connectivity index (χ3v) is 1.90. The molecule has 1 aromatic carbocycles. The maximum absolute atomic E-state index is 12.0. The minimum atomic E-state index is -4.75. The summed E-state index contributed by atoms with van der Waals surface area (Å²) < 4.78 is 44.1. The molecule has 0 aliphatic heterocycles. The number of hydrogen-bond donors (Lipinski definition) is 1. The molecule has 4 nitrogen and oxygen atoms in total. The Hall–Kier alpha value is -2.18. The molecule has 0 aliphatic carbocycles. The molecule has 1 aromatic heterocycles. The van der Waals surface area contributed by atoms with Crippen LogP contribution in [0, 0.1) is 0 Å². The summed E-state index contributed by atoms with van der Waals surface area (Å²) in [5.41, 5.74) is 0.0300. The Labute approximate surface area is 92.6 Å². The van der Waals surface area contributed by atoms with Gasteiger partial charge in [0, 0.05) is 5.56 Å². The minimum absolute atomic E-state index is 0.280. The van der Waals surface area contributed by atoms with Gasteiger partial charge < -0.3 is 9.26 Å². The fourth-order valence-corrected chi connectivity index (χ4v) is 1.29. The molecular formula is C10H6F3NO3. The average molecular weight is 245 g/mol. The van der Waals surface area contributed by atoms with E-state index in [9.17, 15) is 18.0 Å². The third-order valence-electron chi connectivity index (χ3n) is 1.90. The second kappa shape index (κ2) is 4.00. The predicted octanol–water partition coefficient (Wildman–Crippen LogP) is 2.53. The molecule has 0 fully saturated rings. The van der Waals surface area contributed by atoms with Crippen molar-refractivity contribution in [2.24, 2.45) is 0 Å². The molecular weight excluding hydrogens is 239 g/mol. The van der Waals surface area contributed by atoms with Crippen molar-refractivity contribution in [3.8, 4) is 17.0 Å². The molecule has 0 radical (unpaired) electrons. The van der Waals surface area contributed by atoms with Gasteiger partial charge in [-0.15, -0.1) is 13.2 Å². The minimum Gasteiger partial charge on any atom is -0.406 e. The van der Waals surface area contributed by atoms with Crippen molar-refractivity contribution < 1.29 is 22.4 Å². The van der Waals surface area contributed by atoms with E-state index in [-0.39, 0.29) is 11.4 Å². The first-order valence-electron chi connectivity index (χ1n) is 4.49. The summed E-state index contributed by atoms with van der Waals surface area (Å²) in [6, 6.07) is 6.34. The van der Waals surface area contributed by atoms with Gasteiger partial charge in [0.2, 0.25) is 0 Å². The van der Waals surface area contributed by atoms with E-state index in [2.05, 4.69) is 14.4 Å². The monoisotopic (exact) mass is 245 g/mol. The van der Waals surface area contributed by atoms with Crippen molar-refractivity contribution in [2.75, 3.05) is 0 Å². The van der Waals surface area contributed by atoms with Gasteiger partial charge in [-0.1, -0.05) is 12.1 Å². The standard InChI is InChI=1S/C10H6F3NO3/c11-10(12,13)16-7-3-1-2-6(4-7)8-5-9(15)17-14-8/h1-5,14H. The largest absolute Gasteiger partial charge is 0.573 e. The third kappa shape index (κ3) is 2.90. The summed E-state index contributed by atoms with van der Waals surface area (Å²) in [5.74, 6) is -0.364. The summed E-state index contributed by atoms with van der Waals surface area (Å²) in [5, 5.41) is 2.29. The van der Waals surface area contributed by atoms with Crippen LogP contribution >= 0.6 is 0 Å². The predicted molar refractivity (Wildman–Crippen MR) is 51.4 cm³/mol. The number of rotatable bonds is 2. The number of aromatic nitrogens is 1. The van der Waals surface area contributed by atoms with Crippen molar-refractivity contribution in [2.45, 2.75) is 6.36 Å². The molecule has 1 N–H and O–H groups in total. The van der Waals surface area contributed by atoms with Crippen LogP contribution in [0.25, 0.3) is 11.3 Å². The summed E-state index contributed by atoms with van der Waals surface area (Å²) in [4.78, 5) is 10.8. The number of H-pyrrole nitrogens is 1. The van der Waals surface area contributed by atoms with E-state index in [0.717, 1.165) is 18.2 Å². The average Bonchev–Trinajstić information content (AvgIpc) is 2.63. The number of alkyl halides is 3. The smallest absolute Gasteiger partial charge is 0.406 e. The number of halogens is 3. The summed E-state index contributed by atoms with van der Waals surface area (Å²) in [6.45, 7) is 0. The highest BCUT2D eigenvalue weighted by Crippen LogP contribution is 2.26. The zero-order chi connectivity index (χ0) is 12.5. The van der Waals surface area contributed by atoms with Crippen LogP contribution in [0.2, 0.25) is 0 Å². The summed E-state index contributed by atoms with van der Waals surface area (Å²) >= 11 is 0. The lowest BCUT2D eigenvalue weighted by Gasteiger charge is -2.09. The van der Waals surface area contributed by atoms with Crippen LogP contribution in [0.15, 0.2) is 39.6 Å². The Balaban J connectivity index is 2.32. The zero-order valence-electron chi connectivity index (χ0n) is 8.25. The van der Waals surface area contributed by atoms with Gasteiger partial charge in [-0.2, -0.15) is 0 Å². The Morgan fingerprint density at radius 2 is 2.00 bits per heavy atom. The highest BCUT2D eigenvalue weighted by molar-refractivity contribution is 5.60. The molecule has 0 aliphatic rings. The van der Waals surface area contributed by atoms with Crippen molar-refractivity contribution in [3.05, 3.63) is 40.8 Å². The normalized spacial score (nSPS) is 11.5. The van der Waals surface area contributed by atoms with Gasteiger partial charge in [0.1, 0.15) is 5.75 Å². The molecule has 2 rings (SSSR count). The van der Waals surface area contributed by atoms with Gasteiger partial charge in [0.25, 0.3) is 0 Å². The highest BCUT2D eigenvalue weighted by Gasteiger charge is 2.31. The van der Waals surface area contributed by atoms with Gasteiger partial charge in [-0.25, -0.2) is 9.95 Å². The van der Waals surface area contributed by atoms with E-state index >= 15 is 0 Å². The number of aromatic amines is 1. The molecule has 0 unspecified atom stereocenters. The van der Waals surface area contributed by atoms with E-state index < -0.39 is 12.0 Å². The lowest BCUT2D eigenvalue weighted by atomic mass is 10.1. The Morgan fingerprint density at radius 1 is 1.24 bits per heavy atom. The second-order valence-corrected chi connectivity index (χ2v) is 3.16. The highest BCUT2D eigenvalue weighted by atomic mass is 19.4. The van der Waals surface area contributed by atoms with Gasteiger partial charge in [0.15, 0.2) is 0 Å². The molecule has 7 heteroatoms. The number of benzene rings is 1. The summed E-state index contributed by atoms with van der Waals surface area (Å²) in [6.07, 6.45) is -4.75. The first kappa shape index (κ1) is 11.3. The quantitative estimate of drug-likeness (QED) is 0.884. The molecule has 17 heavy (non-hydrogen) atoms. The maximum atomic E-state index is 12.0. The van der Waals surface area contributed by atoms with Crippen molar-refractivity contribution >= 4 is 0 Å². The van der Waals surface area contributed by atoms with E-state index in [4.69, 9.17) is 0 Å². The Kier molecular flexibility index (Phi) is 2.66. The van der Waals surface area contributed by atoms with Gasteiger partial charge in [-0.3, -0.25) is 0 Å². The van der Waals surface area contributed by atoms with E-state index in [1.54, 1.807) is 0 Å². The van der Waals surface area contributed by atoms with Crippen LogP contribution in [0.3, 0.4) is 0 Å². The molecule has 0 bridgehead atoms. The van der Waals surface area contributed by atoms with Crippen LogP contribution in [-0.2, 0) is 0 Å². The van der Waals surface area contributed by atoms with Crippen molar-refractivity contribution in [1.82, 2.24) is 5.16 Å². The van der Waals surface area contributed by atoms with Crippen LogP contribution in [0.5, 0.6) is 5.75 Å². The zero-order valence-corrected chi connectivity index (χ0v) is 8.25. The second-order valence-electron chi connectivity index (χ2n) is 3.16. The van der Waals surface area contributed by atoms with E-state index in [1.807, 2.05) is 0 Å². The SMILES string of the molecule is O=c1cc(-c2cccc(OC(F)(F)F)c2)[nH]o1. The van der Waals surface area contributed by atoms with Gasteiger partial charge in [0.05, 0.1) is 11.8 Å². The van der Waals surface area contributed by atoms with E-state index in [0.29, 0.717) is 5.56 Å². The van der Waals surface area contributed by atoms with Gasteiger partial charge >= 0.3 is 12.0 Å². The molecule has 0 atom stereocenters. The van der Waals surface area contributed by atoms with Crippen molar-refractivity contribution in [3.63, 3.8) is 0 Å². The lowest BCUT2D eigenvalue weighted by molar-refractivity contribution is -0.274. The molecule has 90 valence electrons.